The number of benzene rings is 1. The zero-order chi connectivity index (χ0) is 15.8. The fraction of sp³-hybridized carbons (Fsp3) is 0.235. The van der Waals surface area contributed by atoms with E-state index < -0.39 is 0 Å². The summed E-state index contributed by atoms with van der Waals surface area (Å²) < 4.78 is 0. The van der Waals surface area contributed by atoms with E-state index >= 15 is 0 Å². The normalized spacial score (nSPS) is 11.5. The number of rotatable bonds is 6. The van der Waals surface area contributed by atoms with E-state index in [0.717, 1.165) is 10.7 Å². The zero-order valence-corrected chi connectivity index (χ0v) is 13.2. The van der Waals surface area contributed by atoms with Gasteiger partial charge in [-0.15, -0.1) is 0 Å². The highest BCUT2D eigenvalue weighted by molar-refractivity contribution is 8.00. The van der Waals surface area contributed by atoms with Gasteiger partial charge in [-0.2, -0.15) is 5.26 Å². The number of carbonyl (C=O) groups excluding carboxylic acids is 1. The monoisotopic (exact) mass is 311 g/mol. The van der Waals surface area contributed by atoms with Crippen LogP contribution in [0.15, 0.2) is 59.8 Å². The fourth-order valence-electron chi connectivity index (χ4n) is 2.00. The van der Waals surface area contributed by atoms with Crippen LogP contribution in [0.1, 0.15) is 13.3 Å². The van der Waals surface area contributed by atoms with E-state index in [0.29, 0.717) is 13.0 Å². The summed E-state index contributed by atoms with van der Waals surface area (Å²) >= 11 is 1.42. The van der Waals surface area contributed by atoms with Gasteiger partial charge in [0, 0.05) is 18.4 Å². The molecule has 0 unspecified atom stereocenters. The van der Waals surface area contributed by atoms with Crippen LogP contribution in [-0.4, -0.2) is 22.7 Å². The van der Waals surface area contributed by atoms with E-state index in [2.05, 4.69) is 11.1 Å². The molecule has 1 heterocycles. The Balaban J connectivity index is 2.13. The first kappa shape index (κ1) is 16.1. The summed E-state index contributed by atoms with van der Waals surface area (Å²) in [6.07, 6.45) is 2.02. The third kappa shape index (κ3) is 4.34. The number of carbonyl (C=O) groups is 1. The van der Waals surface area contributed by atoms with E-state index in [9.17, 15) is 4.79 Å². The SMILES string of the molecule is C[C@H](Sc1ccccn1)C(=O)N(CCC#N)c1ccccc1. The number of nitriles is 1. The lowest BCUT2D eigenvalue weighted by molar-refractivity contribution is -0.117. The van der Waals surface area contributed by atoms with Crippen LogP contribution >= 0.6 is 11.8 Å². The van der Waals surface area contributed by atoms with Gasteiger partial charge in [0.15, 0.2) is 0 Å². The molecule has 0 fully saturated rings. The number of aromatic nitrogens is 1. The molecule has 2 aromatic rings. The van der Waals surface area contributed by atoms with Crippen LogP contribution in [0, 0.1) is 11.3 Å². The summed E-state index contributed by atoms with van der Waals surface area (Å²) in [5.74, 6) is -0.0166. The van der Waals surface area contributed by atoms with Crippen LogP contribution < -0.4 is 4.90 Å². The first-order valence-corrected chi connectivity index (χ1v) is 7.91. The Morgan fingerprint density at radius 1 is 1.27 bits per heavy atom. The third-order valence-corrected chi connectivity index (χ3v) is 4.10. The minimum Gasteiger partial charge on any atom is -0.310 e. The van der Waals surface area contributed by atoms with Gasteiger partial charge in [0.1, 0.15) is 0 Å². The predicted molar refractivity (Wildman–Crippen MR) is 88.6 cm³/mol. The van der Waals surface area contributed by atoms with Crippen molar-refractivity contribution >= 4 is 23.4 Å². The van der Waals surface area contributed by atoms with Gasteiger partial charge >= 0.3 is 0 Å². The molecule has 5 heteroatoms. The van der Waals surface area contributed by atoms with E-state index in [4.69, 9.17) is 5.26 Å². The van der Waals surface area contributed by atoms with Crippen molar-refractivity contribution in [2.45, 2.75) is 23.6 Å². The molecule has 1 atom stereocenters. The Morgan fingerprint density at radius 3 is 2.64 bits per heavy atom. The van der Waals surface area contributed by atoms with Crippen molar-refractivity contribution in [2.75, 3.05) is 11.4 Å². The fourth-order valence-corrected chi connectivity index (χ4v) is 2.87. The summed E-state index contributed by atoms with van der Waals surface area (Å²) in [4.78, 5) is 18.6. The topological polar surface area (TPSA) is 57.0 Å². The maximum atomic E-state index is 12.7. The van der Waals surface area contributed by atoms with Gasteiger partial charge in [-0.1, -0.05) is 36.0 Å². The molecule has 0 aliphatic carbocycles. The number of thioether (sulfide) groups is 1. The molecule has 0 aliphatic rings. The first-order chi connectivity index (χ1) is 10.7. The second-order valence-electron chi connectivity index (χ2n) is 4.66. The van der Waals surface area contributed by atoms with Crippen LogP contribution in [0.2, 0.25) is 0 Å². The predicted octanol–water partition coefficient (Wildman–Crippen LogP) is 3.51. The highest BCUT2D eigenvalue weighted by Gasteiger charge is 2.22. The molecular weight excluding hydrogens is 294 g/mol. The van der Waals surface area contributed by atoms with Crippen LogP contribution in [0.5, 0.6) is 0 Å². The maximum Gasteiger partial charge on any atom is 0.240 e. The molecule has 1 aromatic heterocycles. The Kier molecular flexibility index (Phi) is 5.99. The van der Waals surface area contributed by atoms with Gasteiger partial charge in [-0.25, -0.2) is 4.98 Å². The van der Waals surface area contributed by atoms with Crippen LogP contribution in [-0.2, 0) is 4.79 Å². The summed E-state index contributed by atoms with van der Waals surface area (Å²) in [6.45, 7) is 2.26. The van der Waals surface area contributed by atoms with Crippen molar-refractivity contribution in [3.05, 3.63) is 54.7 Å². The number of hydrogen-bond acceptors (Lipinski definition) is 4. The van der Waals surface area contributed by atoms with Crippen LogP contribution in [0.25, 0.3) is 0 Å². The van der Waals surface area contributed by atoms with Gasteiger partial charge in [0.05, 0.1) is 22.8 Å². The van der Waals surface area contributed by atoms with Crippen molar-refractivity contribution in [3.8, 4) is 6.07 Å². The van der Waals surface area contributed by atoms with Crippen molar-refractivity contribution in [1.29, 1.82) is 5.26 Å². The summed E-state index contributed by atoms with van der Waals surface area (Å²) in [6, 6.07) is 17.2. The second kappa shape index (κ2) is 8.20. The van der Waals surface area contributed by atoms with Crippen molar-refractivity contribution in [2.24, 2.45) is 0 Å². The summed E-state index contributed by atoms with van der Waals surface area (Å²) in [5.41, 5.74) is 0.816. The van der Waals surface area contributed by atoms with Gasteiger partial charge in [-0.05, 0) is 31.2 Å². The van der Waals surface area contributed by atoms with Crippen LogP contribution in [0.3, 0.4) is 0 Å². The number of anilines is 1. The second-order valence-corrected chi connectivity index (χ2v) is 6.02. The molecular formula is C17H17N3OS. The molecule has 0 spiro atoms. The van der Waals surface area contributed by atoms with E-state index in [1.165, 1.54) is 11.8 Å². The number of nitrogens with zero attached hydrogens (tertiary/aromatic N) is 3. The van der Waals surface area contributed by atoms with Crippen molar-refractivity contribution in [1.82, 2.24) is 4.98 Å². The smallest absolute Gasteiger partial charge is 0.240 e. The van der Waals surface area contributed by atoms with E-state index in [-0.39, 0.29) is 11.2 Å². The summed E-state index contributed by atoms with van der Waals surface area (Å²) in [5, 5.41) is 9.36. The lowest BCUT2D eigenvalue weighted by Crippen LogP contribution is -2.37. The zero-order valence-electron chi connectivity index (χ0n) is 12.3. The lowest BCUT2D eigenvalue weighted by atomic mass is 10.2. The molecule has 0 N–H and O–H groups in total. The third-order valence-electron chi connectivity index (χ3n) is 3.06. The Hall–Kier alpha value is -2.32. The molecule has 112 valence electrons. The molecule has 0 saturated carbocycles. The van der Waals surface area contributed by atoms with Gasteiger partial charge in [0.2, 0.25) is 5.91 Å². The largest absolute Gasteiger partial charge is 0.310 e. The number of amides is 1. The standard InChI is InChI=1S/C17H17N3OS/c1-14(22-16-10-5-6-12-19-16)17(21)20(13-7-11-18)15-8-3-2-4-9-15/h2-6,8-10,12,14H,7,13H2,1H3/t14-/m0/s1. The average molecular weight is 311 g/mol. The Bertz CT molecular complexity index is 640. The quantitative estimate of drug-likeness (QED) is 0.766. The molecule has 0 bridgehead atoms. The van der Waals surface area contributed by atoms with Gasteiger partial charge < -0.3 is 4.90 Å². The van der Waals surface area contributed by atoms with Crippen molar-refractivity contribution in [3.63, 3.8) is 0 Å². The minimum absolute atomic E-state index is 0.0166. The van der Waals surface area contributed by atoms with Crippen molar-refractivity contribution < 1.29 is 4.79 Å². The molecule has 1 amide bonds. The number of para-hydroxylation sites is 1. The lowest BCUT2D eigenvalue weighted by Gasteiger charge is -2.24. The first-order valence-electron chi connectivity index (χ1n) is 7.03. The van der Waals surface area contributed by atoms with Gasteiger partial charge in [-0.3, -0.25) is 4.79 Å². The molecule has 0 saturated heterocycles. The average Bonchev–Trinajstić information content (AvgIpc) is 2.57. The molecule has 22 heavy (non-hydrogen) atoms. The number of hydrogen-bond donors (Lipinski definition) is 0. The van der Waals surface area contributed by atoms with Gasteiger partial charge in [0.25, 0.3) is 0 Å². The van der Waals surface area contributed by atoms with E-state index in [1.807, 2.05) is 55.5 Å². The molecule has 2 rings (SSSR count). The molecule has 1 aromatic carbocycles. The van der Waals surface area contributed by atoms with Crippen LogP contribution in [0.4, 0.5) is 5.69 Å². The Morgan fingerprint density at radius 2 is 2.00 bits per heavy atom. The maximum absolute atomic E-state index is 12.7. The minimum atomic E-state index is -0.270. The number of pyridine rings is 1. The highest BCUT2D eigenvalue weighted by Crippen LogP contribution is 2.24. The summed E-state index contributed by atoms with van der Waals surface area (Å²) in [7, 11) is 0. The van der Waals surface area contributed by atoms with E-state index in [1.54, 1.807) is 11.1 Å². The molecule has 0 radical (unpaired) electrons. The Labute approximate surface area is 134 Å². The highest BCUT2D eigenvalue weighted by atomic mass is 32.2. The molecule has 0 aliphatic heterocycles. The molecule has 4 nitrogen and oxygen atoms in total.